The van der Waals surface area contributed by atoms with Crippen LogP contribution < -0.4 is 9.47 Å². The van der Waals surface area contributed by atoms with Crippen LogP contribution in [0.15, 0.2) is 46.1 Å². The lowest BCUT2D eigenvalue weighted by molar-refractivity contribution is 0.388. The van der Waals surface area contributed by atoms with Crippen LogP contribution in [-0.2, 0) is 5.75 Å². The van der Waals surface area contributed by atoms with Gasteiger partial charge in [-0.15, -0.1) is 0 Å². The van der Waals surface area contributed by atoms with Gasteiger partial charge in [0.25, 0.3) is 0 Å². The van der Waals surface area contributed by atoms with Crippen molar-refractivity contribution in [3.05, 3.63) is 47.9 Å². The second kappa shape index (κ2) is 7.32. The Morgan fingerprint density at radius 2 is 1.96 bits per heavy atom. The molecule has 0 saturated carbocycles. The number of aromatic nitrogens is 4. The minimum Gasteiger partial charge on any atom is -0.497 e. The summed E-state index contributed by atoms with van der Waals surface area (Å²) in [6.45, 7) is 2.06. The van der Waals surface area contributed by atoms with Crippen molar-refractivity contribution in [3.63, 3.8) is 0 Å². The van der Waals surface area contributed by atoms with Crippen molar-refractivity contribution in [2.45, 2.75) is 17.8 Å². The van der Waals surface area contributed by atoms with Gasteiger partial charge < -0.3 is 19.0 Å². The lowest BCUT2D eigenvalue weighted by atomic mass is 10.2. The third-order valence-electron chi connectivity index (χ3n) is 4.07. The van der Waals surface area contributed by atoms with Gasteiger partial charge in [-0.3, -0.25) is 0 Å². The fourth-order valence-corrected chi connectivity index (χ4v) is 3.43. The van der Waals surface area contributed by atoms with E-state index in [0.717, 1.165) is 21.8 Å². The topological polar surface area (TPSA) is 86.1 Å². The molecule has 27 heavy (non-hydrogen) atoms. The molecule has 0 bridgehead atoms. The van der Waals surface area contributed by atoms with E-state index in [1.54, 1.807) is 20.3 Å². The normalized spacial score (nSPS) is 11.1. The van der Waals surface area contributed by atoms with Gasteiger partial charge in [0.05, 0.1) is 36.6 Å². The predicted molar refractivity (Wildman–Crippen MR) is 103 cm³/mol. The number of benzene rings is 2. The van der Waals surface area contributed by atoms with Gasteiger partial charge in [0.1, 0.15) is 11.5 Å². The maximum Gasteiger partial charge on any atom is 0.237 e. The van der Waals surface area contributed by atoms with Gasteiger partial charge in [0.2, 0.25) is 11.7 Å². The molecule has 1 N–H and O–H groups in total. The first-order chi connectivity index (χ1) is 13.2. The molecule has 0 fully saturated rings. The van der Waals surface area contributed by atoms with Crippen molar-refractivity contribution < 1.29 is 14.0 Å². The van der Waals surface area contributed by atoms with E-state index in [1.807, 2.05) is 24.3 Å². The smallest absolute Gasteiger partial charge is 0.237 e. The molecule has 0 atom stereocenters. The Bertz CT molecular complexity index is 1090. The van der Waals surface area contributed by atoms with Gasteiger partial charge in [0.15, 0.2) is 5.16 Å². The number of nitrogens with one attached hydrogen (secondary N) is 1. The molecule has 0 saturated heterocycles. The second-order valence-electron chi connectivity index (χ2n) is 5.93. The highest BCUT2D eigenvalue weighted by Crippen LogP contribution is 2.32. The van der Waals surface area contributed by atoms with Crippen molar-refractivity contribution in [2.24, 2.45) is 0 Å². The summed E-state index contributed by atoms with van der Waals surface area (Å²) < 4.78 is 16.0. The highest BCUT2D eigenvalue weighted by atomic mass is 32.2. The van der Waals surface area contributed by atoms with Crippen LogP contribution in [-0.4, -0.2) is 34.3 Å². The van der Waals surface area contributed by atoms with E-state index in [2.05, 4.69) is 33.1 Å². The summed E-state index contributed by atoms with van der Waals surface area (Å²) in [5, 5.41) is 4.88. The Balaban J connectivity index is 1.51. The number of methoxy groups -OCH3 is 2. The van der Waals surface area contributed by atoms with E-state index in [0.29, 0.717) is 29.0 Å². The molecule has 8 heteroatoms. The average Bonchev–Trinajstić information content (AvgIpc) is 3.32. The third kappa shape index (κ3) is 3.61. The molecule has 0 spiro atoms. The zero-order valence-corrected chi connectivity index (χ0v) is 16.0. The van der Waals surface area contributed by atoms with Gasteiger partial charge in [-0.05, 0) is 36.8 Å². The molecule has 4 rings (SSSR count). The molecule has 2 aromatic carbocycles. The average molecular weight is 382 g/mol. The van der Waals surface area contributed by atoms with E-state index in [4.69, 9.17) is 14.0 Å². The quantitative estimate of drug-likeness (QED) is 0.499. The first kappa shape index (κ1) is 17.4. The monoisotopic (exact) mass is 382 g/mol. The van der Waals surface area contributed by atoms with Crippen LogP contribution in [0.5, 0.6) is 11.5 Å². The minimum atomic E-state index is 0.477. The van der Waals surface area contributed by atoms with Crippen LogP contribution >= 0.6 is 11.8 Å². The van der Waals surface area contributed by atoms with Crippen molar-refractivity contribution in [1.82, 2.24) is 20.1 Å². The largest absolute Gasteiger partial charge is 0.497 e. The number of thioether (sulfide) groups is 1. The number of hydrogen-bond donors (Lipinski definition) is 1. The van der Waals surface area contributed by atoms with Crippen molar-refractivity contribution in [3.8, 4) is 22.9 Å². The van der Waals surface area contributed by atoms with Gasteiger partial charge in [-0.2, -0.15) is 4.98 Å². The molecule has 0 aliphatic heterocycles. The van der Waals surface area contributed by atoms with Crippen LogP contribution in [0.1, 0.15) is 11.5 Å². The number of hydrogen-bond acceptors (Lipinski definition) is 7. The molecule has 2 aromatic heterocycles. The standard InChI is InChI=1S/C19H18N4O3S/c1-11-4-7-14-15(8-11)21-19(20-14)27-10-17-22-18(23-26-17)13-6-5-12(24-2)9-16(13)25-3/h4-9H,10H2,1-3H3,(H,20,21). The van der Waals surface area contributed by atoms with Crippen molar-refractivity contribution >= 4 is 22.8 Å². The molecular weight excluding hydrogens is 364 g/mol. The number of nitrogens with zero attached hydrogens (tertiary/aromatic N) is 3. The zero-order valence-electron chi connectivity index (χ0n) is 15.1. The number of aromatic amines is 1. The lowest BCUT2D eigenvalue weighted by Gasteiger charge is -2.07. The minimum absolute atomic E-state index is 0.477. The molecule has 0 aliphatic carbocycles. The predicted octanol–water partition coefficient (Wildman–Crippen LogP) is 4.23. The van der Waals surface area contributed by atoms with E-state index >= 15 is 0 Å². The Hall–Kier alpha value is -3.00. The Kier molecular flexibility index (Phi) is 4.72. The highest BCUT2D eigenvalue weighted by molar-refractivity contribution is 7.98. The van der Waals surface area contributed by atoms with E-state index in [9.17, 15) is 0 Å². The van der Waals surface area contributed by atoms with Crippen LogP contribution in [0.3, 0.4) is 0 Å². The maximum absolute atomic E-state index is 5.40. The Labute approximate surface area is 160 Å². The highest BCUT2D eigenvalue weighted by Gasteiger charge is 2.15. The summed E-state index contributed by atoms with van der Waals surface area (Å²) in [7, 11) is 3.20. The van der Waals surface area contributed by atoms with Crippen LogP contribution in [0.4, 0.5) is 0 Å². The first-order valence-electron chi connectivity index (χ1n) is 8.30. The number of ether oxygens (including phenoxy) is 2. The molecule has 138 valence electrons. The zero-order chi connectivity index (χ0) is 18.8. The van der Waals surface area contributed by atoms with Crippen molar-refractivity contribution in [2.75, 3.05) is 14.2 Å². The number of imidazole rings is 1. The lowest BCUT2D eigenvalue weighted by Crippen LogP contribution is -1.91. The molecule has 0 radical (unpaired) electrons. The SMILES string of the molecule is COc1ccc(-c2noc(CSc3nc4ccc(C)cc4[nH]3)n2)c(OC)c1. The molecule has 0 amide bonds. The van der Waals surface area contributed by atoms with Gasteiger partial charge in [-0.25, -0.2) is 4.98 Å². The number of fused-ring (bicyclic) bond motifs is 1. The second-order valence-corrected chi connectivity index (χ2v) is 6.89. The van der Waals surface area contributed by atoms with E-state index < -0.39 is 0 Å². The van der Waals surface area contributed by atoms with Crippen molar-refractivity contribution in [1.29, 1.82) is 0 Å². The summed E-state index contributed by atoms with van der Waals surface area (Å²) >= 11 is 1.52. The van der Waals surface area contributed by atoms with Crippen LogP contribution in [0.25, 0.3) is 22.4 Å². The molecule has 0 aliphatic rings. The molecule has 4 aromatic rings. The van der Waals surface area contributed by atoms with Gasteiger partial charge >= 0.3 is 0 Å². The molecule has 7 nitrogen and oxygen atoms in total. The van der Waals surface area contributed by atoms with Crippen LogP contribution in [0.2, 0.25) is 0 Å². The van der Waals surface area contributed by atoms with E-state index in [-0.39, 0.29) is 0 Å². The van der Waals surface area contributed by atoms with Crippen LogP contribution in [0, 0.1) is 6.92 Å². The van der Waals surface area contributed by atoms with Gasteiger partial charge in [0, 0.05) is 6.07 Å². The summed E-state index contributed by atoms with van der Waals surface area (Å²) in [6, 6.07) is 11.6. The summed E-state index contributed by atoms with van der Waals surface area (Å²) in [6.07, 6.45) is 0. The summed E-state index contributed by atoms with van der Waals surface area (Å²) in [5.41, 5.74) is 3.90. The molecular formula is C19H18N4O3S. The first-order valence-corrected chi connectivity index (χ1v) is 9.29. The molecule has 2 heterocycles. The molecule has 0 unspecified atom stereocenters. The van der Waals surface area contributed by atoms with E-state index in [1.165, 1.54) is 17.3 Å². The fourth-order valence-electron chi connectivity index (χ4n) is 2.70. The number of aryl methyl sites for hydroxylation is 1. The third-order valence-corrected chi connectivity index (χ3v) is 4.92. The van der Waals surface area contributed by atoms with Gasteiger partial charge in [-0.1, -0.05) is 23.0 Å². The summed E-state index contributed by atoms with van der Waals surface area (Å²) in [5.74, 6) is 2.84. The fraction of sp³-hybridized carbons (Fsp3) is 0.211. The Morgan fingerprint density at radius 3 is 2.78 bits per heavy atom. The Morgan fingerprint density at radius 1 is 1.07 bits per heavy atom. The number of rotatable bonds is 6. The summed E-state index contributed by atoms with van der Waals surface area (Å²) in [4.78, 5) is 12.3. The maximum atomic E-state index is 5.40. The number of H-pyrrole nitrogens is 1.